The van der Waals surface area contributed by atoms with Gasteiger partial charge in [0.05, 0.1) is 5.69 Å². The first kappa shape index (κ1) is 9.39. The molecule has 0 unspecified atom stereocenters. The van der Waals surface area contributed by atoms with Crippen molar-refractivity contribution >= 4 is 17.5 Å². The number of H-pyrrole nitrogens is 1. The van der Waals surface area contributed by atoms with Gasteiger partial charge >= 0.3 is 0 Å². The van der Waals surface area contributed by atoms with Crippen LogP contribution in [0, 0.1) is 5.92 Å². The van der Waals surface area contributed by atoms with Gasteiger partial charge in [0.25, 0.3) is 0 Å². The summed E-state index contributed by atoms with van der Waals surface area (Å²) in [6, 6.07) is 0. The van der Waals surface area contributed by atoms with Crippen molar-refractivity contribution in [2.75, 3.05) is 5.73 Å². The van der Waals surface area contributed by atoms with E-state index in [-0.39, 0.29) is 0 Å². The minimum atomic E-state index is 0.402. The van der Waals surface area contributed by atoms with Gasteiger partial charge in [0, 0.05) is 0 Å². The Morgan fingerprint density at radius 1 is 1.58 bits per heavy atom. The van der Waals surface area contributed by atoms with Crippen LogP contribution in [0.25, 0.3) is 0 Å². The Hall–Kier alpha value is -0.700. The monoisotopic (exact) mass is 187 g/mol. The maximum atomic E-state index is 5.81. The Kier molecular flexibility index (Phi) is 2.98. The van der Waals surface area contributed by atoms with E-state index in [1.54, 1.807) is 0 Å². The van der Waals surface area contributed by atoms with E-state index >= 15 is 0 Å². The van der Waals surface area contributed by atoms with Gasteiger partial charge in [-0.25, -0.2) is 4.98 Å². The van der Waals surface area contributed by atoms with Crippen LogP contribution >= 0.6 is 11.6 Å². The smallest absolute Gasteiger partial charge is 0.199 e. The van der Waals surface area contributed by atoms with Gasteiger partial charge in [-0.2, -0.15) is 0 Å². The number of aromatic amines is 1. The maximum Gasteiger partial charge on any atom is 0.199 e. The van der Waals surface area contributed by atoms with Gasteiger partial charge in [0.15, 0.2) is 11.1 Å². The van der Waals surface area contributed by atoms with Crippen LogP contribution in [0.3, 0.4) is 0 Å². The van der Waals surface area contributed by atoms with Crippen molar-refractivity contribution < 1.29 is 0 Å². The highest BCUT2D eigenvalue weighted by Crippen LogP contribution is 2.17. The molecule has 0 saturated carbocycles. The molecule has 3 N–H and O–H groups in total. The molecule has 1 aromatic rings. The highest BCUT2D eigenvalue weighted by molar-refractivity contribution is 6.30. The molecule has 0 bridgehead atoms. The van der Waals surface area contributed by atoms with Crippen LogP contribution in [-0.4, -0.2) is 9.97 Å². The van der Waals surface area contributed by atoms with Crippen molar-refractivity contribution in [2.45, 2.75) is 26.7 Å². The molecule has 1 aromatic heterocycles. The summed E-state index contributed by atoms with van der Waals surface area (Å²) in [6.45, 7) is 4.35. The minimum Gasteiger partial charge on any atom is -0.369 e. The van der Waals surface area contributed by atoms with Crippen LogP contribution in [0.5, 0.6) is 0 Å². The van der Waals surface area contributed by atoms with Crippen LogP contribution in [0.2, 0.25) is 5.15 Å². The molecule has 0 amide bonds. The largest absolute Gasteiger partial charge is 0.369 e. The van der Waals surface area contributed by atoms with Gasteiger partial charge in [-0.3, -0.25) is 0 Å². The van der Waals surface area contributed by atoms with E-state index in [4.69, 9.17) is 17.3 Å². The number of hydrogen-bond acceptors (Lipinski definition) is 2. The van der Waals surface area contributed by atoms with E-state index in [0.29, 0.717) is 17.0 Å². The first-order valence-electron chi connectivity index (χ1n) is 4.09. The van der Waals surface area contributed by atoms with Gasteiger partial charge in [-0.1, -0.05) is 25.4 Å². The summed E-state index contributed by atoms with van der Waals surface area (Å²) < 4.78 is 0. The van der Waals surface area contributed by atoms with Crippen molar-refractivity contribution in [3.63, 3.8) is 0 Å². The molecule has 0 fully saturated rings. The number of aryl methyl sites for hydroxylation is 1. The molecule has 0 radical (unpaired) electrons. The lowest BCUT2D eigenvalue weighted by atomic mass is 10.1. The van der Waals surface area contributed by atoms with Gasteiger partial charge in [0.2, 0.25) is 0 Å². The van der Waals surface area contributed by atoms with Gasteiger partial charge in [-0.15, -0.1) is 0 Å². The second-order valence-electron chi connectivity index (χ2n) is 3.32. The normalized spacial score (nSPS) is 11.0. The van der Waals surface area contributed by atoms with E-state index in [1.807, 2.05) is 0 Å². The zero-order valence-electron chi connectivity index (χ0n) is 7.39. The lowest BCUT2D eigenvalue weighted by Gasteiger charge is -2.01. The molecule has 0 aliphatic carbocycles. The summed E-state index contributed by atoms with van der Waals surface area (Å²) in [5, 5.41) is 0.508. The third kappa shape index (κ3) is 2.41. The number of rotatable bonds is 3. The molecule has 0 aliphatic rings. The number of anilines is 1. The molecule has 0 aromatic carbocycles. The SMILES string of the molecule is CC(C)CCc1[nH]c(N)nc1Cl. The fourth-order valence-corrected chi connectivity index (χ4v) is 1.24. The molecular weight excluding hydrogens is 174 g/mol. The molecule has 12 heavy (non-hydrogen) atoms. The number of nitrogen functional groups attached to an aromatic ring is 1. The van der Waals surface area contributed by atoms with E-state index in [2.05, 4.69) is 23.8 Å². The first-order chi connectivity index (χ1) is 5.59. The van der Waals surface area contributed by atoms with Crippen molar-refractivity contribution in [1.29, 1.82) is 0 Å². The maximum absolute atomic E-state index is 5.81. The lowest BCUT2D eigenvalue weighted by molar-refractivity contribution is 0.582. The molecule has 4 heteroatoms. The predicted octanol–water partition coefficient (Wildman–Crippen LogP) is 2.23. The van der Waals surface area contributed by atoms with Crippen LogP contribution in [0.1, 0.15) is 26.0 Å². The molecule has 0 saturated heterocycles. The van der Waals surface area contributed by atoms with E-state index in [0.717, 1.165) is 18.5 Å². The quantitative estimate of drug-likeness (QED) is 0.763. The molecular formula is C8H14ClN3. The first-order valence-corrected chi connectivity index (χ1v) is 4.47. The third-order valence-electron chi connectivity index (χ3n) is 1.72. The lowest BCUT2D eigenvalue weighted by Crippen LogP contribution is -1.93. The van der Waals surface area contributed by atoms with E-state index in [1.165, 1.54) is 0 Å². The highest BCUT2D eigenvalue weighted by atomic mass is 35.5. The minimum absolute atomic E-state index is 0.402. The van der Waals surface area contributed by atoms with Gasteiger partial charge in [-0.05, 0) is 18.8 Å². The molecule has 0 atom stereocenters. The second kappa shape index (κ2) is 3.81. The third-order valence-corrected chi connectivity index (χ3v) is 2.03. The van der Waals surface area contributed by atoms with E-state index in [9.17, 15) is 0 Å². The van der Waals surface area contributed by atoms with Crippen LogP contribution < -0.4 is 5.73 Å². The fourth-order valence-electron chi connectivity index (χ4n) is 1.01. The van der Waals surface area contributed by atoms with Crippen molar-refractivity contribution in [2.24, 2.45) is 5.92 Å². The van der Waals surface area contributed by atoms with Crippen molar-refractivity contribution in [3.8, 4) is 0 Å². The summed E-state index contributed by atoms with van der Waals surface area (Å²) in [5.74, 6) is 1.07. The van der Waals surface area contributed by atoms with Crippen LogP contribution in [0.15, 0.2) is 0 Å². The summed E-state index contributed by atoms with van der Waals surface area (Å²) in [6.07, 6.45) is 2.02. The Morgan fingerprint density at radius 3 is 2.67 bits per heavy atom. The highest BCUT2D eigenvalue weighted by Gasteiger charge is 2.06. The fraction of sp³-hybridized carbons (Fsp3) is 0.625. The molecule has 0 spiro atoms. The zero-order valence-corrected chi connectivity index (χ0v) is 8.15. The summed E-state index contributed by atoms with van der Waals surface area (Å²) in [7, 11) is 0. The Balaban J connectivity index is 2.57. The number of nitrogens with two attached hydrogens (primary N) is 1. The Morgan fingerprint density at radius 2 is 2.25 bits per heavy atom. The molecule has 0 aliphatic heterocycles. The standard InChI is InChI=1S/C8H14ClN3/c1-5(2)3-4-6-7(9)12-8(10)11-6/h5H,3-4H2,1-2H3,(H3,10,11,12). The van der Waals surface area contributed by atoms with Crippen molar-refractivity contribution in [3.05, 3.63) is 10.8 Å². The second-order valence-corrected chi connectivity index (χ2v) is 3.68. The zero-order chi connectivity index (χ0) is 9.14. The number of nitrogens with zero attached hydrogens (tertiary/aromatic N) is 1. The Bertz CT molecular complexity index is 255. The molecule has 1 heterocycles. The average molecular weight is 188 g/mol. The van der Waals surface area contributed by atoms with E-state index < -0.39 is 0 Å². The molecule has 3 nitrogen and oxygen atoms in total. The Labute approximate surface area is 77.3 Å². The van der Waals surface area contributed by atoms with Gasteiger partial charge in [0.1, 0.15) is 0 Å². The number of halogens is 1. The summed E-state index contributed by atoms with van der Waals surface area (Å²) in [4.78, 5) is 6.81. The van der Waals surface area contributed by atoms with Crippen LogP contribution in [-0.2, 0) is 6.42 Å². The summed E-state index contributed by atoms with van der Waals surface area (Å²) in [5.41, 5.74) is 6.38. The van der Waals surface area contributed by atoms with Crippen molar-refractivity contribution in [1.82, 2.24) is 9.97 Å². The topological polar surface area (TPSA) is 54.7 Å². The number of aromatic nitrogens is 2. The molecule has 1 rings (SSSR count). The number of imidazole rings is 1. The predicted molar refractivity (Wildman–Crippen MR) is 51.2 cm³/mol. The van der Waals surface area contributed by atoms with Gasteiger partial charge < -0.3 is 10.7 Å². The average Bonchev–Trinajstić information content (AvgIpc) is 2.26. The number of nitrogens with one attached hydrogen (secondary N) is 1. The number of hydrogen-bond donors (Lipinski definition) is 2. The summed E-state index contributed by atoms with van der Waals surface area (Å²) >= 11 is 5.81. The molecule has 68 valence electrons. The van der Waals surface area contributed by atoms with Crippen LogP contribution in [0.4, 0.5) is 5.95 Å².